The molecule has 1 unspecified atom stereocenters. The Balaban J connectivity index is 1.65. The smallest absolute Gasteiger partial charge is 0.272 e. The van der Waals surface area contributed by atoms with E-state index in [9.17, 15) is 4.79 Å². The fourth-order valence-electron chi connectivity index (χ4n) is 4.31. The van der Waals surface area contributed by atoms with Gasteiger partial charge in [0.25, 0.3) is 5.91 Å². The van der Waals surface area contributed by atoms with E-state index in [1.807, 2.05) is 49.1 Å². The van der Waals surface area contributed by atoms with E-state index in [1.165, 1.54) is 5.56 Å². The Hall–Kier alpha value is -2.50. The molecule has 1 aliphatic carbocycles. The van der Waals surface area contributed by atoms with Crippen molar-refractivity contribution in [2.75, 3.05) is 32.1 Å². The lowest BCUT2D eigenvalue weighted by molar-refractivity contribution is 0.0626. The van der Waals surface area contributed by atoms with Crippen LogP contribution in [-0.4, -0.2) is 52.9 Å². The van der Waals surface area contributed by atoms with Gasteiger partial charge in [-0.05, 0) is 49.8 Å². The fraction of sp³-hybridized carbons (Fsp3) is 0.500. The van der Waals surface area contributed by atoms with E-state index in [4.69, 9.17) is 4.98 Å². The normalized spacial score (nSPS) is 21.7. The maximum Gasteiger partial charge on any atom is 0.272 e. The van der Waals surface area contributed by atoms with E-state index in [-0.39, 0.29) is 11.3 Å². The van der Waals surface area contributed by atoms with Gasteiger partial charge in [-0.15, -0.1) is 0 Å². The first-order valence-electron chi connectivity index (χ1n) is 9.25. The molecule has 0 saturated carbocycles. The summed E-state index contributed by atoms with van der Waals surface area (Å²) in [6.07, 6.45) is 7.78. The van der Waals surface area contributed by atoms with Crippen LogP contribution in [0.2, 0.25) is 0 Å². The molecule has 6 nitrogen and oxygen atoms in total. The first kappa shape index (κ1) is 16.9. The Morgan fingerprint density at radius 1 is 1.27 bits per heavy atom. The van der Waals surface area contributed by atoms with Gasteiger partial charge in [-0.2, -0.15) is 0 Å². The third kappa shape index (κ3) is 2.73. The summed E-state index contributed by atoms with van der Waals surface area (Å²) in [5.74, 6) is 0.784. The van der Waals surface area contributed by atoms with Gasteiger partial charge in [-0.25, -0.2) is 9.97 Å². The minimum atomic E-state index is -0.0420. The predicted octanol–water partition coefficient (Wildman–Crippen LogP) is 2.37. The quantitative estimate of drug-likeness (QED) is 0.831. The van der Waals surface area contributed by atoms with Crippen LogP contribution < -0.4 is 4.90 Å². The van der Waals surface area contributed by atoms with Crippen LogP contribution in [-0.2, 0) is 11.8 Å². The van der Waals surface area contributed by atoms with Gasteiger partial charge in [0.2, 0.25) is 5.95 Å². The molecule has 6 heteroatoms. The number of nitrogens with zero attached hydrogens (tertiary/aromatic N) is 5. The minimum Gasteiger partial charge on any atom is -0.347 e. The predicted molar refractivity (Wildman–Crippen MR) is 100 cm³/mol. The van der Waals surface area contributed by atoms with Gasteiger partial charge in [0.15, 0.2) is 0 Å². The molecule has 4 rings (SSSR count). The second-order valence-corrected chi connectivity index (χ2v) is 7.72. The molecule has 1 fully saturated rings. The second kappa shape index (κ2) is 6.34. The van der Waals surface area contributed by atoms with Gasteiger partial charge < -0.3 is 9.80 Å². The highest BCUT2D eigenvalue weighted by atomic mass is 16.2. The summed E-state index contributed by atoms with van der Waals surface area (Å²) in [5, 5.41) is 0. The SMILES string of the molecule is Cc1cccnc1C(=O)N1CCCC2(CCc3cnc(N(C)C)nc32)C1. The molecule has 1 saturated heterocycles. The van der Waals surface area contributed by atoms with Gasteiger partial charge in [-0.1, -0.05) is 6.07 Å². The Bertz CT molecular complexity index is 846. The topological polar surface area (TPSA) is 62.2 Å². The minimum absolute atomic E-state index is 0.0394. The molecule has 0 aromatic carbocycles. The zero-order chi connectivity index (χ0) is 18.3. The van der Waals surface area contributed by atoms with Crippen LogP contribution in [0.3, 0.4) is 0 Å². The van der Waals surface area contributed by atoms with Gasteiger partial charge >= 0.3 is 0 Å². The average molecular weight is 351 g/mol. The van der Waals surface area contributed by atoms with Crippen LogP contribution >= 0.6 is 0 Å². The molecule has 26 heavy (non-hydrogen) atoms. The molecule has 0 bridgehead atoms. The summed E-state index contributed by atoms with van der Waals surface area (Å²) >= 11 is 0. The lowest BCUT2D eigenvalue weighted by Crippen LogP contribution is -2.48. The number of likely N-dealkylation sites (tertiary alicyclic amines) is 1. The highest BCUT2D eigenvalue weighted by Crippen LogP contribution is 2.44. The van der Waals surface area contributed by atoms with Gasteiger partial charge in [0.05, 0.1) is 5.69 Å². The molecule has 1 atom stereocenters. The number of amides is 1. The molecule has 3 heterocycles. The maximum absolute atomic E-state index is 13.1. The van der Waals surface area contributed by atoms with E-state index in [0.29, 0.717) is 5.69 Å². The third-order valence-corrected chi connectivity index (χ3v) is 5.70. The zero-order valence-electron chi connectivity index (χ0n) is 15.7. The number of fused-ring (bicyclic) bond motifs is 2. The van der Waals surface area contributed by atoms with Crippen molar-refractivity contribution in [2.24, 2.45) is 0 Å². The van der Waals surface area contributed by atoms with Crippen LogP contribution in [0.15, 0.2) is 24.5 Å². The molecular weight excluding hydrogens is 326 g/mol. The van der Waals surface area contributed by atoms with Crippen molar-refractivity contribution in [2.45, 2.75) is 38.0 Å². The van der Waals surface area contributed by atoms with Crippen LogP contribution in [0.25, 0.3) is 0 Å². The van der Waals surface area contributed by atoms with Crippen LogP contribution in [0.5, 0.6) is 0 Å². The molecule has 2 aromatic rings. The van der Waals surface area contributed by atoms with Crippen molar-refractivity contribution in [3.8, 4) is 0 Å². The van der Waals surface area contributed by atoms with Gasteiger partial charge in [0.1, 0.15) is 5.69 Å². The summed E-state index contributed by atoms with van der Waals surface area (Å²) in [5.41, 5.74) is 3.84. The van der Waals surface area contributed by atoms with E-state index in [0.717, 1.165) is 56.0 Å². The summed E-state index contributed by atoms with van der Waals surface area (Å²) < 4.78 is 0. The Labute approximate surface area is 154 Å². The van der Waals surface area contributed by atoms with Crippen LogP contribution in [0.4, 0.5) is 5.95 Å². The molecular formula is C20H25N5O. The highest BCUT2D eigenvalue weighted by molar-refractivity contribution is 5.93. The molecule has 2 aliphatic rings. The number of aromatic nitrogens is 3. The summed E-state index contributed by atoms with van der Waals surface area (Å²) in [6, 6.07) is 3.82. The van der Waals surface area contributed by atoms with Crippen molar-refractivity contribution in [1.29, 1.82) is 0 Å². The lowest BCUT2D eigenvalue weighted by Gasteiger charge is -2.40. The Morgan fingerprint density at radius 3 is 2.88 bits per heavy atom. The molecule has 1 spiro atoms. The van der Waals surface area contributed by atoms with Gasteiger partial charge in [0, 0.05) is 45.0 Å². The number of carbonyl (C=O) groups is 1. The molecule has 0 radical (unpaired) electrons. The second-order valence-electron chi connectivity index (χ2n) is 7.72. The van der Waals surface area contributed by atoms with Crippen molar-refractivity contribution in [3.05, 3.63) is 47.0 Å². The molecule has 0 N–H and O–H groups in total. The number of hydrogen-bond donors (Lipinski definition) is 0. The van der Waals surface area contributed by atoms with E-state index in [1.54, 1.807) is 6.20 Å². The summed E-state index contributed by atoms with van der Waals surface area (Å²) in [6.45, 7) is 3.46. The first-order chi connectivity index (χ1) is 12.5. The van der Waals surface area contributed by atoms with Crippen molar-refractivity contribution < 1.29 is 4.79 Å². The molecule has 1 amide bonds. The van der Waals surface area contributed by atoms with Crippen molar-refractivity contribution in [3.63, 3.8) is 0 Å². The van der Waals surface area contributed by atoms with Crippen molar-refractivity contribution in [1.82, 2.24) is 19.9 Å². The number of hydrogen-bond acceptors (Lipinski definition) is 5. The number of pyridine rings is 1. The Kier molecular flexibility index (Phi) is 4.13. The fourth-order valence-corrected chi connectivity index (χ4v) is 4.31. The van der Waals surface area contributed by atoms with Crippen molar-refractivity contribution >= 4 is 11.9 Å². The summed E-state index contributed by atoms with van der Waals surface area (Å²) in [4.78, 5) is 30.7. The maximum atomic E-state index is 13.1. The first-order valence-corrected chi connectivity index (χ1v) is 9.25. The number of rotatable bonds is 2. The third-order valence-electron chi connectivity index (χ3n) is 5.70. The number of aryl methyl sites for hydroxylation is 2. The van der Waals surface area contributed by atoms with Gasteiger partial charge in [-0.3, -0.25) is 9.78 Å². The van der Waals surface area contributed by atoms with E-state index < -0.39 is 0 Å². The number of carbonyl (C=O) groups excluding carboxylic acids is 1. The highest BCUT2D eigenvalue weighted by Gasteiger charge is 2.45. The van der Waals surface area contributed by atoms with Crippen LogP contribution in [0.1, 0.15) is 46.6 Å². The Morgan fingerprint density at radius 2 is 2.12 bits per heavy atom. The summed E-state index contributed by atoms with van der Waals surface area (Å²) in [7, 11) is 3.92. The van der Waals surface area contributed by atoms with E-state index >= 15 is 0 Å². The number of piperidine rings is 1. The molecule has 1 aliphatic heterocycles. The molecule has 136 valence electrons. The average Bonchev–Trinajstić information content (AvgIpc) is 2.99. The lowest BCUT2D eigenvalue weighted by atomic mass is 9.77. The largest absolute Gasteiger partial charge is 0.347 e. The molecule has 2 aromatic heterocycles. The standard InChI is InChI=1S/C20H25N5O/c1-14-6-4-10-21-16(14)18(26)25-11-5-8-20(13-25)9-7-15-12-22-19(24(2)3)23-17(15)20/h4,6,10,12H,5,7-9,11,13H2,1-3H3. The monoisotopic (exact) mass is 351 g/mol. The zero-order valence-corrected chi connectivity index (χ0v) is 15.7. The number of anilines is 1. The van der Waals surface area contributed by atoms with E-state index in [2.05, 4.69) is 9.97 Å². The van der Waals surface area contributed by atoms with Crippen LogP contribution in [0, 0.1) is 6.92 Å².